The van der Waals surface area contributed by atoms with Crippen LogP contribution in [0.25, 0.3) is 10.9 Å². The van der Waals surface area contributed by atoms with E-state index in [0.717, 1.165) is 36.1 Å². The zero-order valence-electron chi connectivity index (χ0n) is 16.2. The number of nitrogens with zero attached hydrogens (tertiary/aromatic N) is 4. The molecule has 1 aromatic heterocycles. The molecule has 6 nitrogen and oxygen atoms in total. The number of benzene rings is 1. The Morgan fingerprint density at radius 3 is 3.10 bits per heavy atom. The van der Waals surface area contributed by atoms with Crippen molar-refractivity contribution in [2.45, 2.75) is 31.1 Å². The third-order valence-corrected chi connectivity index (χ3v) is 5.91. The standard InChI is InChI=1S/C21H25ClFN5O/c1-24-10-17-8-15(23)11-28(17)21(29)13-27-6-5-16(12-27)26-20-4-2-3-19-18(20)7-14(22)9-25-19/h2-4,7,9,15-17,26H,1,5-6,8,10-13H2/t15-,16-,17-/m0/s1. The Bertz CT molecular complexity index is 910. The Kier molecular flexibility index (Phi) is 5.96. The Labute approximate surface area is 174 Å². The van der Waals surface area contributed by atoms with Crippen LogP contribution in [0, 0.1) is 0 Å². The number of nitrogens with one attached hydrogen (secondary N) is 1. The molecule has 0 radical (unpaired) electrons. The molecule has 1 amide bonds. The quantitative estimate of drug-likeness (QED) is 0.734. The number of aromatic nitrogens is 1. The van der Waals surface area contributed by atoms with E-state index in [1.54, 1.807) is 11.1 Å². The highest BCUT2D eigenvalue weighted by Crippen LogP contribution is 2.27. The first kappa shape index (κ1) is 20.0. The topological polar surface area (TPSA) is 60.8 Å². The average molecular weight is 418 g/mol. The maximum atomic E-state index is 13.8. The highest BCUT2D eigenvalue weighted by molar-refractivity contribution is 6.31. The number of aliphatic imine (C=N–C) groups is 1. The lowest BCUT2D eigenvalue weighted by molar-refractivity contribution is -0.133. The Balaban J connectivity index is 1.37. The molecule has 0 bridgehead atoms. The van der Waals surface area contributed by atoms with E-state index in [1.165, 1.54) is 0 Å². The van der Waals surface area contributed by atoms with Gasteiger partial charge in [0.15, 0.2) is 0 Å². The van der Waals surface area contributed by atoms with Gasteiger partial charge in [-0.05, 0) is 31.3 Å². The fourth-order valence-electron chi connectivity index (χ4n) is 4.33. The van der Waals surface area contributed by atoms with Crippen LogP contribution in [0.5, 0.6) is 0 Å². The van der Waals surface area contributed by atoms with Crippen molar-refractivity contribution < 1.29 is 9.18 Å². The molecule has 3 heterocycles. The summed E-state index contributed by atoms with van der Waals surface area (Å²) in [6.07, 6.45) is 1.96. The number of amides is 1. The lowest BCUT2D eigenvalue weighted by Crippen LogP contribution is -2.43. The summed E-state index contributed by atoms with van der Waals surface area (Å²) in [7, 11) is 0. The molecule has 0 saturated carbocycles. The molecular formula is C21H25ClFN5O. The number of carbonyl (C=O) groups is 1. The van der Waals surface area contributed by atoms with Crippen LogP contribution in [0.4, 0.5) is 10.1 Å². The molecule has 0 spiro atoms. The van der Waals surface area contributed by atoms with Gasteiger partial charge < -0.3 is 10.2 Å². The number of alkyl halides is 1. The summed E-state index contributed by atoms with van der Waals surface area (Å²) >= 11 is 6.12. The Morgan fingerprint density at radius 2 is 2.28 bits per heavy atom. The summed E-state index contributed by atoms with van der Waals surface area (Å²) in [6.45, 7) is 5.93. The van der Waals surface area contributed by atoms with Gasteiger partial charge in [0.05, 0.1) is 36.2 Å². The van der Waals surface area contributed by atoms with E-state index < -0.39 is 6.17 Å². The van der Waals surface area contributed by atoms with Crippen molar-refractivity contribution in [3.05, 3.63) is 35.5 Å². The molecule has 2 aliphatic rings. The van der Waals surface area contributed by atoms with Gasteiger partial charge in [-0.25, -0.2) is 4.39 Å². The summed E-state index contributed by atoms with van der Waals surface area (Å²) < 4.78 is 13.8. The number of halogens is 2. The molecule has 0 aliphatic carbocycles. The Hall–Kier alpha value is -2.25. The highest BCUT2D eigenvalue weighted by atomic mass is 35.5. The van der Waals surface area contributed by atoms with E-state index in [2.05, 4.69) is 26.9 Å². The molecule has 1 aromatic carbocycles. The van der Waals surface area contributed by atoms with Crippen LogP contribution in [0.3, 0.4) is 0 Å². The minimum Gasteiger partial charge on any atom is -0.380 e. The minimum absolute atomic E-state index is 0.0272. The minimum atomic E-state index is -0.967. The number of hydrogen-bond acceptors (Lipinski definition) is 5. The van der Waals surface area contributed by atoms with Gasteiger partial charge in [0.2, 0.25) is 5.91 Å². The van der Waals surface area contributed by atoms with Crippen molar-refractivity contribution in [1.29, 1.82) is 0 Å². The van der Waals surface area contributed by atoms with Crippen LogP contribution < -0.4 is 5.32 Å². The second-order valence-corrected chi connectivity index (χ2v) is 8.27. The maximum absolute atomic E-state index is 13.8. The van der Waals surface area contributed by atoms with Crippen LogP contribution in [0.15, 0.2) is 35.5 Å². The van der Waals surface area contributed by atoms with Crippen LogP contribution >= 0.6 is 11.6 Å². The van der Waals surface area contributed by atoms with E-state index in [-0.39, 0.29) is 24.5 Å². The molecule has 29 heavy (non-hydrogen) atoms. The number of carbonyl (C=O) groups excluding carboxylic acids is 1. The molecule has 0 unspecified atom stereocenters. The van der Waals surface area contributed by atoms with E-state index in [4.69, 9.17) is 11.6 Å². The summed E-state index contributed by atoms with van der Waals surface area (Å²) in [4.78, 5) is 24.7. The van der Waals surface area contributed by atoms with E-state index in [9.17, 15) is 9.18 Å². The molecule has 2 aliphatic heterocycles. The van der Waals surface area contributed by atoms with Gasteiger partial charge in [0, 0.05) is 42.8 Å². The number of pyridine rings is 1. The van der Waals surface area contributed by atoms with E-state index >= 15 is 0 Å². The molecular weight excluding hydrogens is 393 g/mol. The molecule has 2 aromatic rings. The highest BCUT2D eigenvalue weighted by Gasteiger charge is 2.36. The fourth-order valence-corrected chi connectivity index (χ4v) is 4.49. The van der Waals surface area contributed by atoms with Gasteiger partial charge in [-0.2, -0.15) is 0 Å². The number of rotatable bonds is 6. The Morgan fingerprint density at radius 1 is 1.41 bits per heavy atom. The first-order chi connectivity index (χ1) is 14.0. The lowest BCUT2D eigenvalue weighted by Gasteiger charge is -2.26. The monoisotopic (exact) mass is 417 g/mol. The van der Waals surface area contributed by atoms with Gasteiger partial charge in [0.25, 0.3) is 0 Å². The van der Waals surface area contributed by atoms with Crippen molar-refractivity contribution in [1.82, 2.24) is 14.8 Å². The van der Waals surface area contributed by atoms with Gasteiger partial charge >= 0.3 is 0 Å². The molecule has 8 heteroatoms. The zero-order valence-corrected chi connectivity index (χ0v) is 17.0. The van der Waals surface area contributed by atoms with Crippen LogP contribution in [-0.2, 0) is 4.79 Å². The predicted molar refractivity (Wildman–Crippen MR) is 115 cm³/mol. The second-order valence-electron chi connectivity index (χ2n) is 7.83. The second kappa shape index (κ2) is 8.63. The summed E-state index contributed by atoms with van der Waals surface area (Å²) in [5.74, 6) is -0.0272. The molecule has 4 rings (SSSR count). The molecule has 3 atom stereocenters. The average Bonchev–Trinajstić information content (AvgIpc) is 3.28. The fraction of sp³-hybridized carbons (Fsp3) is 0.476. The van der Waals surface area contributed by atoms with Gasteiger partial charge in [-0.15, -0.1) is 0 Å². The van der Waals surface area contributed by atoms with Gasteiger partial charge in [-0.3, -0.25) is 19.7 Å². The van der Waals surface area contributed by atoms with Crippen molar-refractivity contribution in [3.63, 3.8) is 0 Å². The molecule has 2 saturated heterocycles. The van der Waals surface area contributed by atoms with Crippen molar-refractivity contribution >= 4 is 40.8 Å². The normalized spacial score (nSPS) is 24.9. The summed E-state index contributed by atoms with van der Waals surface area (Å²) in [5.41, 5.74) is 1.88. The van der Waals surface area contributed by atoms with E-state index in [0.29, 0.717) is 24.5 Å². The first-order valence-corrected chi connectivity index (χ1v) is 10.3. The first-order valence-electron chi connectivity index (χ1n) is 9.92. The van der Waals surface area contributed by atoms with Gasteiger partial charge in [0.1, 0.15) is 6.17 Å². The van der Waals surface area contributed by atoms with Crippen LogP contribution in [0.1, 0.15) is 12.8 Å². The third kappa shape index (κ3) is 4.51. The smallest absolute Gasteiger partial charge is 0.237 e. The lowest BCUT2D eigenvalue weighted by atomic mass is 10.1. The summed E-state index contributed by atoms with van der Waals surface area (Å²) in [5, 5.41) is 5.16. The molecule has 1 N–H and O–H groups in total. The van der Waals surface area contributed by atoms with Crippen molar-refractivity contribution in [3.8, 4) is 0 Å². The molecule has 154 valence electrons. The van der Waals surface area contributed by atoms with Crippen LogP contribution in [-0.4, -0.2) is 78.4 Å². The zero-order chi connectivity index (χ0) is 20.4. The van der Waals surface area contributed by atoms with Crippen molar-refractivity contribution in [2.75, 3.05) is 38.0 Å². The number of fused-ring (bicyclic) bond motifs is 1. The van der Waals surface area contributed by atoms with Crippen molar-refractivity contribution in [2.24, 2.45) is 4.99 Å². The number of hydrogen-bond donors (Lipinski definition) is 1. The summed E-state index contributed by atoms with van der Waals surface area (Å²) in [6, 6.07) is 7.92. The number of anilines is 1. The van der Waals surface area contributed by atoms with Crippen LogP contribution in [0.2, 0.25) is 5.02 Å². The third-order valence-electron chi connectivity index (χ3n) is 5.71. The maximum Gasteiger partial charge on any atom is 0.237 e. The van der Waals surface area contributed by atoms with Gasteiger partial charge in [-0.1, -0.05) is 17.7 Å². The van der Waals surface area contributed by atoms with E-state index in [1.807, 2.05) is 24.3 Å². The molecule has 2 fully saturated rings. The predicted octanol–water partition coefficient (Wildman–Crippen LogP) is 3.01. The SMILES string of the molecule is C=NC[C@@H]1C[C@H](F)CN1C(=O)CN1CC[C@H](Nc2cccc3ncc(Cl)cc23)C1. The number of likely N-dealkylation sites (tertiary alicyclic amines) is 2. The largest absolute Gasteiger partial charge is 0.380 e.